The first kappa shape index (κ1) is 21.3. The number of ether oxygens (including phenoxy) is 1. The molecule has 3 aromatic rings. The molecule has 0 aliphatic carbocycles. The molecule has 7 nitrogen and oxygen atoms in total. The molecule has 2 aromatic heterocycles. The Bertz CT molecular complexity index is 949. The zero-order valence-electron chi connectivity index (χ0n) is 16.6. The van der Waals surface area contributed by atoms with Crippen molar-refractivity contribution >= 4 is 29.3 Å². The third kappa shape index (κ3) is 5.55. The van der Waals surface area contributed by atoms with Gasteiger partial charge in [-0.3, -0.25) is 4.79 Å². The average Bonchev–Trinajstić information content (AvgIpc) is 3.36. The number of rotatable bonds is 9. The van der Waals surface area contributed by atoms with Crippen molar-refractivity contribution in [2.75, 3.05) is 5.75 Å². The van der Waals surface area contributed by atoms with Crippen molar-refractivity contribution in [3.05, 3.63) is 58.3 Å². The molecule has 1 N–H and O–H groups in total. The number of aromatic nitrogens is 3. The first-order valence-corrected chi connectivity index (χ1v) is 10.6. The van der Waals surface area contributed by atoms with Gasteiger partial charge in [0.15, 0.2) is 11.0 Å². The molecule has 0 aliphatic rings. The van der Waals surface area contributed by atoms with Gasteiger partial charge in [0.1, 0.15) is 18.1 Å². The van der Waals surface area contributed by atoms with Crippen LogP contribution in [0.1, 0.15) is 29.6 Å². The Morgan fingerprint density at radius 1 is 1.31 bits per heavy atom. The van der Waals surface area contributed by atoms with E-state index in [4.69, 9.17) is 20.8 Å². The molecule has 1 aromatic carbocycles. The van der Waals surface area contributed by atoms with Crippen molar-refractivity contribution in [3.8, 4) is 5.75 Å². The van der Waals surface area contributed by atoms with Crippen LogP contribution < -0.4 is 10.1 Å². The van der Waals surface area contributed by atoms with E-state index in [-0.39, 0.29) is 18.3 Å². The number of halogens is 1. The Balaban J connectivity index is 1.56. The minimum atomic E-state index is -0.0954. The number of nitrogens with one attached hydrogen (secondary N) is 1. The molecule has 0 radical (unpaired) electrons. The molecule has 0 unspecified atom stereocenters. The van der Waals surface area contributed by atoms with Crippen LogP contribution in [0.15, 0.2) is 40.1 Å². The Morgan fingerprint density at radius 3 is 2.72 bits per heavy atom. The van der Waals surface area contributed by atoms with Crippen LogP contribution in [-0.2, 0) is 24.5 Å². The molecule has 3 rings (SSSR count). The third-order valence-corrected chi connectivity index (χ3v) is 5.82. The lowest BCUT2D eigenvalue weighted by Crippen LogP contribution is -2.24. The molecule has 0 spiro atoms. The molecule has 0 saturated heterocycles. The van der Waals surface area contributed by atoms with Crippen molar-refractivity contribution in [2.24, 2.45) is 0 Å². The summed E-state index contributed by atoms with van der Waals surface area (Å²) in [5.74, 6) is 2.31. The topological polar surface area (TPSA) is 82.2 Å². The van der Waals surface area contributed by atoms with E-state index in [1.165, 1.54) is 11.8 Å². The highest BCUT2D eigenvalue weighted by Gasteiger charge is 2.14. The van der Waals surface area contributed by atoms with Gasteiger partial charge in [-0.2, -0.15) is 0 Å². The smallest absolute Gasteiger partial charge is 0.230 e. The van der Waals surface area contributed by atoms with Crippen molar-refractivity contribution in [1.29, 1.82) is 0 Å². The number of carbonyl (C=O) groups excluding carboxylic acids is 1. The second-order valence-electron chi connectivity index (χ2n) is 6.45. The number of aryl methyl sites for hydroxylation is 2. The first-order valence-electron chi connectivity index (χ1n) is 9.21. The lowest BCUT2D eigenvalue weighted by Gasteiger charge is -2.11. The Labute approximate surface area is 178 Å². The molecular formula is C20H23ClN4O3S. The molecule has 0 atom stereocenters. The molecule has 2 heterocycles. The minimum Gasteiger partial charge on any atom is -0.486 e. The molecule has 9 heteroatoms. The predicted molar refractivity (Wildman–Crippen MR) is 112 cm³/mol. The summed E-state index contributed by atoms with van der Waals surface area (Å²) in [4.78, 5) is 12.1. The fraction of sp³-hybridized carbons (Fsp3) is 0.350. The van der Waals surface area contributed by atoms with Gasteiger partial charge in [-0.05, 0) is 56.2 Å². The average molecular weight is 435 g/mol. The van der Waals surface area contributed by atoms with Crippen LogP contribution in [-0.4, -0.2) is 26.4 Å². The fourth-order valence-corrected chi connectivity index (χ4v) is 3.73. The second-order valence-corrected chi connectivity index (χ2v) is 7.77. The van der Waals surface area contributed by atoms with E-state index in [0.29, 0.717) is 29.8 Å². The summed E-state index contributed by atoms with van der Waals surface area (Å²) < 4.78 is 13.0. The number of hydrogen-bond donors (Lipinski definition) is 1. The van der Waals surface area contributed by atoms with Gasteiger partial charge in [0, 0.05) is 11.6 Å². The molecule has 0 bridgehead atoms. The summed E-state index contributed by atoms with van der Waals surface area (Å²) in [7, 11) is 0. The number of thioether (sulfide) groups is 1. The maximum absolute atomic E-state index is 12.1. The van der Waals surface area contributed by atoms with Crippen LogP contribution in [0.4, 0.5) is 0 Å². The molecule has 0 aliphatic heterocycles. The summed E-state index contributed by atoms with van der Waals surface area (Å²) >= 11 is 7.55. The lowest BCUT2D eigenvalue weighted by atomic mass is 10.1. The molecule has 0 saturated carbocycles. The fourth-order valence-electron chi connectivity index (χ4n) is 2.77. The second kappa shape index (κ2) is 9.84. The van der Waals surface area contributed by atoms with Crippen LogP contribution in [0, 0.1) is 13.8 Å². The van der Waals surface area contributed by atoms with Crippen LogP contribution in [0.3, 0.4) is 0 Å². The van der Waals surface area contributed by atoms with Gasteiger partial charge in [0.2, 0.25) is 5.91 Å². The van der Waals surface area contributed by atoms with E-state index >= 15 is 0 Å². The maximum Gasteiger partial charge on any atom is 0.230 e. The number of benzene rings is 1. The molecule has 29 heavy (non-hydrogen) atoms. The quantitative estimate of drug-likeness (QED) is 0.509. The van der Waals surface area contributed by atoms with E-state index in [9.17, 15) is 4.79 Å². The number of amides is 1. The van der Waals surface area contributed by atoms with Crippen LogP contribution >= 0.6 is 23.4 Å². The molecule has 0 fully saturated rings. The number of hydrogen-bond acceptors (Lipinski definition) is 6. The highest BCUT2D eigenvalue weighted by Crippen LogP contribution is 2.26. The summed E-state index contributed by atoms with van der Waals surface area (Å²) in [6, 6.07) is 7.41. The monoisotopic (exact) mass is 434 g/mol. The standard InChI is InChI=1S/C20H23ClN4O3S/c1-4-25-17(11-28-16-8-13(2)19(21)14(3)9-16)23-24-20(25)29-12-18(26)22-10-15-6-5-7-27-15/h5-9H,4,10-12H2,1-3H3,(H,22,26). The number of furan rings is 1. The molecule has 154 valence electrons. The van der Waals surface area contributed by atoms with Crippen molar-refractivity contribution in [3.63, 3.8) is 0 Å². The highest BCUT2D eigenvalue weighted by molar-refractivity contribution is 7.99. The van der Waals surface area contributed by atoms with E-state index in [1.54, 1.807) is 12.3 Å². The summed E-state index contributed by atoms with van der Waals surface area (Å²) in [5, 5.41) is 12.7. The normalized spacial score (nSPS) is 10.9. The zero-order valence-corrected chi connectivity index (χ0v) is 18.1. The van der Waals surface area contributed by atoms with Gasteiger partial charge in [0.25, 0.3) is 0 Å². The SMILES string of the molecule is CCn1c(COc2cc(C)c(Cl)c(C)c2)nnc1SCC(=O)NCc1ccco1. The Morgan fingerprint density at radius 2 is 2.07 bits per heavy atom. The highest BCUT2D eigenvalue weighted by atomic mass is 35.5. The summed E-state index contributed by atoms with van der Waals surface area (Å²) in [6.07, 6.45) is 1.58. The third-order valence-electron chi connectivity index (χ3n) is 4.26. The minimum absolute atomic E-state index is 0.0954. The van der Waals surface area contributed by atoms with Crippen LogP contribution in [0.25, 0.3) is 0 Å². The summed E-state index contributed by atoms with van der Waals surface area (Å²) in [5.41, 5.74) is 1.94. The van der Waals surface area contributed by atoms with Gasteiger partial charge in [-0.25, -0.2) is 0 Å². The Hall–Kier alpha value is -2.45. The van der Waals surface area contributed by atoms with Gasteiger partial charge in [-0.15, -0.1) is 10.2 Å². The van der Waals surface area contributed by atoms with Gasteiger partial charge < -0.3 is 19.0 Å². The Kier molecular flexibility index (Phi) is 7.22. The van der Waals surface area contributed by atoms with Crippen molar-refractivity contribution < 1.29 is 13.9 Å². The van der Waals surface area contributed by atoms with E-state index in [0.717, 1.165) is 21.9 Å². The molecule has 1 amide bonds. The first-order chi connectivity index (χ1) is 14.0. The lowest BCUT2D eigenvalue weighted by molar-refractivity contribution is -0.118. The van der Waals surface area contributed by atoms with Gasteiger partial charge >= 0.3 is 0 Å². The summed E-state index contributed by atoms with van der Waals surface area (Å²) in [6.45, 7) is 7.23. The van der Waals surface area contributed by atoms with Gasteiger partial charge in [0.05, 0.1) is 18.6 Å². The zero-order chi connectivity index (χ0) is 20.8. The predicted octanol–water partition coefficient (Wildman–Crippen LogP) is 4.15. The van der Waals surface area contributed by atoms with E-state index in [2.05, 4.69) is 15.5 Å². The van der Waals surface area contributed by atoms with Crippen LogP contribution in [0.2, 0.25) is 5.02 Å². The van der Waals surface area contributed by atoms with Crippen LogP contribution in [0.5, 0.6) is 5.75 Å². The van der Waals surface area contributed by atoms with Gasteiger partial charge in [-0.1, -0.05) is 23.4 Å². The van der Waals surface area contributed by atoms with Crippen molar-refractivity contribution in [2.45, 2.75) is 45.6 Å². The largest absolute Gasteiger partial charge is 0.486 e. The van der Waals surface area contributed by atoms with Crippen molar-refractivity contribution in [1.82, 2.24) is 20.1 Å². The van der Waals surface area contributed by atoms with E-state index in [1.807, 2.05) is 43.5 Å². The molecular weight excluding hydrogens is 412 g/mol. The number of carbonyl (C=O) groups is 1. The maximum atomic E-state index is 12.1. The van der Waals surface area contributed by atoms with E-state index < -0.39 is 0 Å². The number of nitrogens with zero attached hydrogens (tertiary/aromatic N) is 3.